The number of hydrogen-bond acceptors (Lipinski definition) is 9. The summed E-state index contributed by atoms with van der Waals surface area (Å²) in [6.45, 7) is 1.45. The largest absolute Gasteiger partial charge is 0.497 e. The Morgan fingerprint density at radius 2 is 2.00 bits per heavy atom. The Morgan fingerprint density at radius 3 is 2.81 bits per heavy atom. The van der Waals surface area contributed by atoms with Crippen molar-refractivity contribution in [1.29, 1.82) is 4.78 Å². The Kier molecular flexibility index (Phi) is 8.06. The standard InChI is InChI=1S/C24H30N8O3S/c1-35-19-9-7-17(8-10-19)31-24(33)28-13-12-26-21-16-29-23-30-18-5-4-6-20(15-18)36(25,34)14-3-2-11-27-22(21)32-23/h4-10,15-16,25-26H,2-3,11-14H2,1H3,(H2,28,31,33)(H2,27,29,30,32). The maximum atomic E-state index is 12.8. The zero-order chi connectivity index (χ0) is 25.4. The molecule has 4 bridgehead atoms. The van der Waals surface area contributed by atoms with Gasteiger partial charge < -0.3 is 31.3 Å². The predicted octanol–water partition coefficient (Wildman–Crippen LogP) is 4.07. The van der Waals surface area contributed by atoms with Crippen LogP contribution in [-0.2, 0) is 9.73 Å². The van der Waals surface area contributed by atoms with E-state index < -0.39 is 9.73 Å². The second-order valence-corrected chi connectivity index (χ2v) is 10.4. The molecule has 190 valence electrons. The second-order valence-electron chi connectivity index (χ2n) is 8.16. The summed E-state index contributed by atoms with van der Waals surface area (Å²) in [6, 6.07) is 13.8. The number of carbonyl (C=O) groups is 1. The Morgan fingerprint density at radius 1 is 1.17 bits per heavy atom. The van der Waals surface area contributed by atoms with Crippen molar-refractivity contribution in [3.8, 4) is 5.75 Å². The van der Waals surface area contributed by atoms with Gasteiger partial charge in [-0.2, -0.15) is 4.98 Å². The average molecular weight is 511 g/mol. The molecule has 0 fully saturated rings. The number of amides is 2. The number of urea groups is 1. The molecule has 36 heavy (non-hydrogen) atoms. The Bertz CT molecular complexity index is 1300. The van der Waals surface area contributed by atoms with E-state index in [0.29, 0.717) is 65.5 Å². The molecule has 3 aromatic rings. The highest BCUT2D eigenvalue weighted by molar-refractivity contribution is 7.92. The molecule has 12 heteroatoms. The van der Waals surface area contributed by atoms with E-state index in [-0.39, 0.29) is 6.03 Å². The van der Waals surface area contributed by atoms with Gasteiger partial charge in [-0.05, 0) is 55.3 Å². The molecule has 1 atom stereocenters. The molecule has 6 N–H and O–H groups in total. The van der Waals surface area contributed by atoms with Crippen LogP contribution in [0.5, 0.6) is 5.75 Å². The smallest absolute Gasteiger partial charge is 0.319 e. The van der Waals surface area contributed by atoms with Crippen LogP contribution in [0.1, 0.15) is 12.8 Å². The van der Waals surface area contributed by atoms with Crippen LogP contribution in [0.2, 0.25) is 0 Å². The third kappa shape index (κ3) is 6.75. The van der Waals surface area contributed by atoms with E-state index in [9.17, 15) is 9.00 Å². The Hall–Kier alpha value is -4.06. The highest BCUT2D eigenvalue weighted by Gasteiger charge is 2.14. The van der Waals surface area contributed by atoms with Crippen LogP contribution in [0.3, 0.4) is 0 Å². The summed E-state index contributed by atoms with van der Waals surface area (Å²) in [5.41, 5.74) is 2.04. The first kappa shape index (κ1) is 25.0. The minimum atomic E-state index is -2.85. The number of ether oxygens (including phenoxy) is 1. The first-order valence-corrected chi connectivity index (χ1v) is 13.3. The number of benzene rings is 2. The van der Waals surface area contributed by atoms with E-state index in [1.54, 1.807) is 55.8 Å². The third-order valence-electron chi connectivity index (χ3n) is 5.48. The third-order valence-corrected chi connectivity index (χ3v) is 7.36. The number of nitrogens with one attached hydrogen (secondary N) is 6. The van der Waals surface area contributed by atoms with Crippen molar-refractivity contribution in [2.75, 3.05) is 53.8 Å². The normalized spacial score (nSPS) is 17.1. The molecule has 2 heterocycles. The van der Waals surface area contributed by atoms with E-state index in [0.717, 1.165) is 12.2 Å². The summed E-state index contributed by atoms with van der Waals surface area (Å²) in [5, 5.41) is 15.3. The molecular formula is C24H30N8O3S. The van der Waals surface area contributed by atoms with Crippen molar-refractivity contribution in [2.24, 2.45) is 0 Å². The van der Waals surface area contributed by atoms with Gasteiger partial charge in [-0.1, -0.05) is 6.07 Å². The molecule has 1 aliphatic heterocycles. The van der Waals surface area contributed by atoms with Gasteiger partial charge in [0, 0.05) is 41.7 Å². The minimum Gasteiger partial charge on any atom is -0.497 e. The van der Waals surface area contributed by atoms with Gasteiger partial charge in [0.1, 0.15) is 5.75 Å². The van der Waals surface area contributed by atoms with Gasteiger partial charge in [0.05, 0.1) is 28.7 Å². The van der Waals surface area contributed by atoms with Crippen LogP contribution in [0.15, 0.2) is 59.6 Å². The van der Waals surface area contributed by atoms with Crippen molar-refractivity contribution in [1.82, 2.24) is 15.3 Å². The summed E-state index contributed by atoms with van der Waals surface area (Å²) in [7, 11) is -1.27. The molecule has 1 aliphatic rings. The number of nitrogens with zero attached hydrogens (tertiary/aromatic N) is 2. The molecule has 2 amide bonds. The molecule has 0 aliphatic carbocycles. The van der Waals surface area contributed by atoms with E-state index in [1.165, 1.54) is 0 Å². The van der Waals surface area contributed by atoms with Crippen LogP contribution in [-0.4, -0.2) is 52.7 Å². The number of fused-ring (bicyclic) bond motifs is 4. The number of carbonyl (C=O) groups excluding carboxylic acids is 1. The molecule has 0 saturated heterocycles. The van der Waals surface area contributed by atoms with Crippen molar-refractivity contribution in [3.05, 3.63) is 54.7 Å². The number of hydrogen-bond donors (Lipinski definition) is 6. The second kappa shape index (κ2) is 11.6. The molecular weight excluding hydrogens is 480 g/mol. The lowest BCUT2D eigenvalue weighted by atomic mass is 10.3. The highest BCUT2D eigenvalue weighted by atomic mass is 32.2. The minimum absolute atomic E-state index is 0.302. The average Bonchev–Trinajstić information content (AvgIpc) is 2.88. The lowest BCUT2D eigenvalue weighted by Gasteiger charge is -2.15. The Labute approximate surface area is 210 Å². The van der Waals surface area contributed by atoms with Gasteiger partial charge in [0.25, 0.3) is 0 Å². The molecule has 11 nitrogen and oxygen atoms in total. The van der Waals surface area contributed by atoms with Crippen LogP contribution < -0.4 is 31.3 Å². The predicted molar refractivity (Wildman–Crippen MR) is 142 cm³/mol. The first-order chi connectivity index (χ1) is 17.4. The lowest BCUT2D eigenvalue weighted by molar-refractivity contribution is 0.252. The monoisotopic (exact) mass is 510 g/mol. The van der Waals surface area contributed by atoms with Crippen LogP contribution in [0.4, 0.5) is 33.6 Å². The summed E-state index contributed by atoms with van der Waals surface area (Å²) in [6.07, 6.45) is 3.07. The molecule has 1 unspecified atom stereocenters. The van der Waals surface area contributed by atoms with Crippen molar-refractivity contribution in [2.45, 2.75) is 17.7 Å². The summed E-state index contributed by atoms with van der Waals surface area (Å²) in [4.78, 5) is 21.6. The van der Waals surface area contributed by atoms with Gasteiger partial charge >= 0.3 is 6.03 Å². The summed E-state index contributed by atoms with van der Waals surface area (Å²) >= 11 is 0. The van der Waals surface area contributed by atoms with Crippen molar-refractivity contribution in [3.63, 3.8) is 0 Å². The van der Waals surface area contributed by atoms with Gasteiger partial charge in [0.2, 0.25) is 5.95 Å². The van der Waals surface area contributed by atoms with E-state index in [1.807, 2.05) is 6.07 Å². The zero-order valence-electron chi connectivity index (χ0n) is 20.0. The maximum Gasteiger partial charge on any atom is 0.319 e. The van der Waals surface area contributed by atoms with Gasteiger partial charge in [-0.15, -0.1) is 0 Å². The van der Waals surface area contributed by atoms with Crippen LogP contribution >= 0.6 is 0 Å². The number of anilines is 5. The van der Waals surface area contributed by atoms with Crippen molar-refractivity contribution >= 4 is 44.6 Å². The molecule has 2 aromatic carbocycles. The summed E-state index contributed by atoms with van der Waals surface area (Å²) in [5.74, 6) is 2.02. The van der Waals surface area contributed by atoms with E-state index in [4.69, 9.17) is 9.52 Å². The van der Waals surface area contributed by atoms with E-state index in [2.05, 4.69) is 36.6 Å². The SMILES string of the molecule is COc1ccc(NC(=O)NCCNc2cnc3nc2NCCCCS(=N)(=O)c2cccc(c2)N3)cc1. The molecule has 0 radical (unpaired) electrons. The van der Waals surface area contributed by atoms with Crippen molar-refractivity contribution < 1.29 is 13.7 Å². The van der Waals surface area contributed by atoms with Gasteiger partial charge in [-0.3, -0.25) is 0 Å². The summed E-state index contributed by atoms with van der Waals surface area (Å²) < 4.78 is 26.2. The van der Waals surface area contributed by atoms with E-state index >= 15 is 0 Å². The molecule has 0 spiro atoms. The fraction of sp³-hybridized carbons (Fsp3) is 0.292. The Balaban J connectivity index is 1.36. The maximum absolute atomic E-state index is 12.8. The van der Waals surface area contributed by atoms with Gasteiger partial charge in [0.15, 0.2) is 5.82 Å². The fourth-order valence-corrected chi connectivity index (χ4v) is 5.05. The molecule has 4 rings (SSSR count). The fourth-order valence-electron chi connectivity index (χ4n) is 3.59. The topological polar surface area (TPSA) is 153 Å². The number of methoxy groups -OCH3 is 1. The van der Waals surface area contributed by atoms with Gasteiger partial charge in [-0.25, -0.2) is 18.8 Å². The van der Waals surface area contributed by atoms with Crippen LogP contribution in [0.25, 0.3) is 0 Å². The molecule has 0 saturated carbocycles. The lowest BCUT2D eigenvalue weighted by Crippen LogP contribution is -2.32. The molecule has 1 aromatic heterocycles. The quantitative estimate of drug-likeness (QED) is 0.271. The van der Waals surface area contributed by atoms with Crippen LogP contribution in [0, 0.1) is 4.78 Å². The number of aromatic nitrogens is 2. The highest BCUT2D eigenvalue weighted by Crippen LogP contribution is 2.24. The first-order valence-electron chi connectivity index (χ1n) is 11.6. The zero-order valence-corrected chi connectivity index (χ0v) is 20.8. The number of rotatable bonds is 6.